The van der Waals surface area contributed by atoms with Gasteiger partial charge in [0.25, 0.3) is 0 Å². The molecule has 4 nitrogen and oxygen atoms in total. The number of para-hydroxylation sites is 1. The van der Waals surface area contributed by atoms with E-state index in [-0.39, 0.29) is 11.8 Å². The molecule has 1 fully saturated rings. The molecule has 2 atom stereocenters. The van der Waals surface area contributed by atoms with Crippen LogP contribution in [0.15, 0.2) is 18.2 Å². The van der Waals surface area contributed by atoms with Gasteiger partial charge in [0.1, 0.15) is 17.5 Å². The first-order chi connectivity index (χ1) is 9.17. The Morgan fingerprint density at radius 1 is 1.47 bits per heavy atom. The second-order valence-electron chi connectivity index (χ2n) is 5.00. The number of anilines is 1. The van der Waals surface area contributed by atoms with E-state index in [0.29, 0.717) is 22.9 Å². The molecule has 1 amide bonds. The molecule has 0 radical (unpaired) electrons. The maximum absolute atomic E-state index is 12.3. The van der Waals surface area contributed by atoms with Crippen molar-refractivity contribution in [2.45, 2.75) is 26.2 Å². The van der Waals surface area contributed by atoms with Gasteiger partial charge in [-0.2, -0.15) is 5.26 Å². The van der Waals surface area contributed by atoms with Gasteiger partial charge in [0.05, 0.1) is 12.7 Å². The van der Waals surface area contributed by atoms with E-state index in [4.69, 9.17) is 10.00 Å². The lowest BCUT2D eigenvalue weighted by molar-refractivity contribution is -0.120. The minimum atomic E-state index is -0.00833. The number of carbonyl (C=O) groups excluding carboxylic acids is 1. The first kappa shape index (κ1) is 13.4. The Morgan fingerprint density at radius 2 is 2.26 bits per heavy atom. The quantitative estimate of drug-likeness (QED) is 0.906. The van der Waals surface area contributed by atoms with Gasteiger partial charge in [0, 0.05) is 5.92 Å². The number of nitriles is 1. The minimum absolute atomic E-state index is 0.00833. The average molecular weight is 258 g/mol. The average Bonchev–Trinajstić information content (AvgIpc) is 2.85. The summed E-state index contributed by atoms with van der Waals surface area (Å²) >= 11 is 0. The normalized spacial score (nSPS) is 21.7. The Morgan fingerprint density at radius 3 is 2.84 bits per heavy atom. The van der Waals surface area contributed by atoms with E-state index in [0.717, 1.165) is 19.3 Å². The highest BCUT2D eigenvalue weighted by Gasteiger charge is 2.30. The summed E-state index contributed by atoms with van der Waals surface area (Å²) in [5.41, 5.74) is 0.912. The summed E-state index contributed by atoms with van der Waals surface area (Å²) in [6.45, 7) is 2.10. The van der Waals surface area contributed by atoms with Crippen LogP contribution >= 0.6 is 0 Å². The van der Waals surface area contributed by atoms with Crippen molar-refractivity contribution in [3.05, 3.63) is 23.8 Å². The summed E-state index contributed by atoms with van der Waals surface area (Å²) in [7, 11) is 1.53. The fourth-order valence-corrected chi connectivity index (χ4v) is 2.67. The van der Waals surface area contributed by atoms with E-state index < -0.39 is 0 Å². The molecule has 0 aliphatic heterocycles. The van der Waals surface area contributed by atoms with Crippen molar-refractivity contribution in [1.82, 2.24) is 0 Å². The van der Waals surface area contributed by atoms with Crippen LogP contribution in [0, 0.1) is 23.2 Å². The lowest BCUT2D eigenvalue weighted by atomic mass is 9.97. The van der Waals surface area contributed by atoms with Crippen LogP contribution in [0.25, 0.3) is 0 Å². The molecule has 100 valence electrons. The molecule has 1 saturated carbocycles. The molecule has 4 heteroatoms. The number of methoxy groups -OCH3 is 1. The van der Waals surface area contributed by atoms with Crippen molar-refractivity contribution in [1.29, 1.82) is 5.26 Å². The van der Waals surface area contributed by atoms with Crippen LogP contribution in [0.4, 0.5) is 5.69 Å². The molecular weight excluding hydrogens is 240 g/mol. The van der Waals surface area contributed by atoms with Gasteiger partial charge < -0.3 is 10.1 Å². The highest BCUT2D eigenvalue weighted by atomic mass is 16.5. The van der Waals surface area contributed by atoms with Crippen molar-refractivity contribution >= 4 is 11.6 Å². The third-order valence-corrected chi connectivity index (χ3v) is 3.81. The number of nitrogens with one attached hydrogen (secondary N) is 1. The lowest BCUT2D eigenvalue weighted by Crippen LogP contribution is -2.25. The van der Waals surface area contributed by atoms with E-state index in [9.17, 15) is 4.79 Å². The zero-order valence-corrected chi connectivity index (χ0v) is 11.3. The van der Waals surface area contributed by atoms with Gasteiger partial charge in [0.15, 0.2) is 0 Å². The van der Waals surface area contributed by atoms with Crippen molar-refractivity contribution in [3.8, 4) is 11.8 Å². The number of carbonyl (C=O) groups is 1. The summed E-state index contributed by atoms with van der Waals surface area (Å²) in [6, 6.07) is 7.25. The Kier molecular flexibility index (Phi) is 4.06. The summed E-state index contributed by atoms with van der Waals surface area (Å²) in [5, 5.41) is 12.0. The number of hydrogen-bond donors (Lipinski definition) is 1. The van der Waals surface area contributed by atoms with Crippen molar-refractivity contribution < 1.29 is 9.53 Å². The molecule has 1 aliphatic carbocycles. The van der Waals surface area contributed by atoms with Crippen LogP contribution in [0.2, 0.25) is 0 Å². The van der Waals surface area contributed by atoms with Crippen LogP contribution in [0.3, 0.4) is 0 Å². The third kappa shape index (κ3) is 2.70. The van der Waals surface area contributed by atoms with Gasteiger partial charge in [0.2, 0.25) is 5.91 Å². The smallest absolute Gasteiger partial charge is 0.227 e. The number of benzene rings is 1. The molecule has 0 saturated heterocycles. The second-order valence-corrected chi connectivity index (χ2v) is 5.00. The molecule has 1 aromatic rings. The molecule has 0 bridgehead atoms. The van der Waals surface area contributed by atoms with Crippen LogP contribution in [0.1, 0.15) is 31.7 Å². The predicted molar refractivity (Wildman–Crippen MR) is 72.8 cm³/mol. The molecule has 1 aromatic carbocycles. The standard InChI is InChI=1S/C15H18N2O2/c1-10-5-3-7-12(10)15(18)17-14-11(9-16)6-4-8-13(14)19-2/h4,6,8,10,12H,3,5,7H2,1-2H3,(H,17,18). The maximum atomic E-state index is 12.3. The molecule has 19 heavy (non-hydrogen) atoms. The first-order valence-corrected chi connectivity index (χ1v) is 6.55. The molecule has 1 N–H and O–H groups in total. The largest absolute Gasteiger partial charge is 0.495 e. The van der Waals surface area contributed by atoms with Crippen LogP contribution in [-0.2, 0) is 4.79 Å². The Hall–Kier alpha value is -2.02. The van der Waals surface area contributed by atoms with Crippen molar-refractivity contribution in [3.63, 3.8) is 0 Å². The van der Waals surface area contributed by atoms with E-state index in [1.54, 1.807) is 18.2 Å². The Bertz CT molecular complexity index is 519. The molecular formula is C15H18N2O2. The van der Waals surface area contributed by atoms with Crippen molar-refractivity contribution in [2.24, 2.45) is 11.8 Å². The maximum Gasteiger partial charge on any atom is 0.227 e. The van der Waals surface area contributed by atoms with Gasteiger partial charge in [-0.15, -0.1) is 0 Å². The lowest BCUT2D eigenvalue weighted by Gasteiger charge is -2.17. The SMILES string of the molecule is COc1cccc(C#N)c1NC(=O)C1CCCC1C. The van der Waals surface area contributed by atoms with Gasteiger partial charge in [-0.1, -0.05) is 19.4 Å². The highest BCUT2D eigenvalue weighted by Crippen LogP contribution is 2.34. The second kappa shape index (κ2) is 5.75. The highest BCUT2D eigenvalue weighted by molar-refractivity contribution is 5.95. The molecule has 0 heterocycles. The van der Waals surface area contributed by atoms with Crippen LogP contribution < -0.4 is 10.1 Å². The topological polar surface area (TPSA) is 62.1 Å². The van der Waals surface area contributed by atoms with E-state index in [1.165, 1.54) is 7.11 Å². The number of amides is 1. The van der Waals surface area contributed by atoms with Gasteiger partial charge >= 0.3 is 0 Å². The van der Waals surface area contributed by atoms with Crippen LogP contribution in [-0.4, -0.2) is 13.0 Å². The molecule has 2 rings (SSSR count). The monoisotopic (exact) mass is 258 g/mol. The summed E-state index contributed by atoms with van der Waals surface area (Å²) in [5.74, 6) is 0.959. The van der Waals surface area contributed by atoms with Gasteiger partial charge in [-0.05, 0) is 30.9 Å². The zero-order valence-electron chi connectivity index (χ0n) is 11.3. The fraction of sp³-hybridized carbons (Fsp3) is 0.467. The summed E-state index contributed by atoms with van der Waals surface area (Å²) in [6.07, 6.45) is 3.11. The number of hydrogen-bond acceptors (Lipinski definition) is 3. The molecule has 1 aliphatic rings. The molecule has 2 unspecified atom stereocenters. The zero-order chi connectivity index (χ0) is 13.8. The number of ether oxygens (including phenoxy) is 1. The molecule has 0 aromatic heterocycles. The predicted octanol–water partition coefficient (Wildman–Crippen LogP) is 2.94. The first-order valence-electron chi connectivity index (χ1n) is 6.55. The van der Waals surface area contributed by atoms with Crippen LogP contribution in [0.5, 0.6) is 5.75 Å². The third-order valence-electron chi connectivity index (χ3n) is 3.81. The summed E-state index contributed by atoms with van der Waals surface area (Å²) < 4.78 is 5.21. The molecule has 0 spiro atoms. The minimum Gasteiger partial charge on any atom is -0.495 e. The number of nitrogens with zero attached hydrogens (tertiary/aromatic N) is 1. The Balaban J connectivity index is 2.23. The fourth-order valence-electron chi connectivity index (χ4n) is 2.67. The van der Waals surface area contributed by atoms with E-state index >= 15 is 0 Å². The van der Waals surface area contributed by atoms with Gasteiger partial charge in [-0.25, -0.2) is 0 Å². The van der Waals surface area contributed by atoms with Gasteiger partial charge in [-0.3, -0.25) is 4.79 Å². The van der Waals surface area contributed by atoms with E-state index in [1.807, 2.05) is 0 Å². The Labute approximate surface area is 113 Å². The van der Waals surface area contributed by atoms with Crippen molar-refractivity contribution in [2.75, 3.05) is 12.4 Å². The number of rotatable bonds is 3. The van der Waals surface area contributed by atoms with E-state index in [2.05, 4.69) is 18.3 Å². The summed E-state index contributed by atoms with van der Waals surface area (Å²) in [4.78, 5) is 12.3.